The highest BCUT2D eigenvalue weighted by molar-refractivity contribution is 7.07. The van der Waals surface area contributed by atoms with Gasteiger partial charge in [0.15, 0.2) is 6.61 Å². The fourth-order valence-corrected chi connectivity index (χ4v) is 2.38. The number of carbonyl (C=O) groups excluding carboxylic acids is 2. The van der Waals surface area contributed by atoms with Crippen molar-refractivity contribution in [3.63, 3.8) is 0 Å². The molecule has 0 saturated carbocycles. The van der Waals surface area contributed by atoms with E-state index in [9.17, 15) is 18.4 Å². The summed E-state index contributed by atoms with van der Waals surface area (Å²) in [6, 6.07) is 4.59. The number of hydrogen-bond acceptors (Lipinski definition) is 4. The summed E-state index contributed by atoms with van der Waals surface area (Å²) < 4.78 is 31.0. The van der Waals surface area contributed by atoms with Crippen molar-refractivity contribution in [2.75, 3.05) is 11.9 Å². The molecule has 0 unspecified atom stereocenters. The number of thiophene rings is 1. The van der Waals surface area contributed by atoms with E-state index in [-0.39, 0.29) is 12.1 Å². The highest BCUT2D eigenvalue weighted by Gasteiger charge is 2.11. The minimum absolute atomic E-state index is 0.151. The van der Waals surface area contributed by atoms with Crippen LogP contribution in [0.4, 0.5) is 14.5 Å². The van der Waals surface area contributed by atoms with E-state index < -0.39 is 30.1 Å². The van der Waals surface area contributed by atoms with Gasteiger partial charge in [0.05, 0.1) is 5.69 Å². The summed E-state index contributed by atoms with van der Waals surface area (Å²) in [5, 5.41) is 5.97. The molecule has 0 spiro atoms. The fraction of sp³-hybridized carbons (Fsp3) is 0.200. The Morgan fingerprint density at radius 1 is 1.23 bits per heavy atom. The summed E-state index contributed by atoms with van der Waals surface area (Å²) in [5.41, 5.74) is 0.729. The molecular weight excluding hydrogens is 312 g/mol. The highest BCUT2D eigenvalue weighted by Crippen LogP contribution is 2.15. The van der Waals surface area contributed by atoms with Gasteiger partial charge in [0, 0.05) is 12.5 Å². The maximum Gasteiger partial charge on any atom is 0.306 e. The standard InChI is InChI=1S/C15H13F2NO3S/c16-11-2-3-12(17)13(7-11)18-14(19)8-21-15(20)4-1-10-5-6-22-9-10/h2-3,5-7,9H,1,4,8H2,(H,18,19). The van der Waals surface area contributed by atoms with Crippen molar-refractivity contribution in [3.8, 4) is 0 Å². The number of anilines is 1. The number of benzene rings is 1. The Kier molecular flexibility index (Phi) is 5.60. The number of ether oxygens (including phenoxy) is 1. The molecule has 4 nitrogen and oxygen atoms in total. The van der Waals surface area contributed by atoms with E-state index >= 15 is 0 Å². The molecule has 7 heteroatoms. The summed E-state index contributed by atoms with van der Waals surface area (Å²) in [4.78, 5) is 23.0. The third-order valence-corrected chi connectivity index (χ3v) is 3.50. The average molecular weight is 325 g/mol. The van der Waals surface area contributed by atoms with Crippen LogP contribution in [-0.4, -0.2) is 18.5 Å². The lowest BCUT2D eigenvalue weighted by Crippen LogP contribution is -2.21. The predicted octanol–water partition coefficient (Wildman–Crippen LogP) is 3.14. The Labute approximate surface area is 129 Å². The Bertz CT molecular complexity index is 659. The molecule has 116 valence electrons. The molecule has 1 aromatic carbocycles. The van der Waals surface area contributed by atoms with Crippen molar-refractivity contribution in [2.24, 2.45) is 0 Å². The van der Waals surface area contributed by atoms with Gasteiger partial charge in [0.2, 0.25) is 0 Å². The summed E-state index contributed by atoms with van der Waals surface area (Å²) >= 11 is 1.53. The van der Waals surface area contributed by atoms with Gasteiger partial charge in [-0.2, -0.15) is 11.3 Å². The number of hydrogen-bond donors (Lipinski definition) is 1. The molecule has 0 aliphatic heterocycles. The van der Waals surface area contributed by atoms with E-state index in [1.54, 1.807) is 0 Å². The number of carbonyl (C=O) groups is 2. The zero-order chi connectivity index (χ0) is 15.9. The van der Waals surface area contributed by atoms with Crippen molar-refractivity contribution in [1.82, 2.24) is 0 Å². The lowest BCUT2D eigenvalue weighted by Gasteiger charge is -2.07. The normalized spacial score (nSPS) is 10.3. The SMILES string of the molecule is O=C(COC(=O)CCc1ccsc1)Nc1cc(F)ccc1F. The van der Waals surface area contributed by atoms with Gasteiger partial charge in [-0.1, -0.05) is 0 Å². The molecule has 0 bridgehead atoms. The van der Waals surface area contributed by atoms with Crippen LogP contribution in [0.15, 0.2) is 35.0 Å². The van der Waals surface area contributed by atoms with Crippen molar-refractivity contribution >= 4 is 28.9 Å². The zero-order valence-electron chi connectivity index (χ0n) is 11.5. The second kappa shape index (κ2) is 7.65. The molecule has 1 amide bonds. The van der Waals surface area contributed by atoms with E-state index in [0.29, 0.717) is 6.42 Å². The van der Waals surface area contributed by atoms with Gasteiger partial charge in [-0.25, -0.2) is 8.78 Å². The molecule has 2 aromatic rings. The summed E-state index contributed by atoms with van der Waals surface area (Å²) in [7, 11) is 0. The number of halogens is 2. The first kappa shape index (κ1) is 16.1. The van der Waals surface area contributed by atoms with Gasteiger partial charge in [-0.05, 0) is 40.9 Å². The van der Waals surface area contributed by atoms with Crippen LogP contribution in [0.2, 0.25) is 0 Å². The third kappa shape index (κ3) is 4.92. The van der Waals surface area contributed by atoms with Crippen molar-refractivity contribution in [1.29, 1.82) is 0 Å². The molecular formula is C15H13F2NO3S. The van der Waals surface area contributed by atoms with Crippen molar-refractivity contribution in [2.45, 2.75) is 12.8 Å². The van der Waals surface area contributed by atoms with Crippen LogP contribution in [0.25, 0.3) is 0 Å². The third-order valence-electron chi connectivity index (χ3n) is 2.76. The topological polar surface area (TPSA) is 55.4 Å². The van der Waals surface area contributed by atoms with Crippen LogP contribution < -0.4 is 5.32 Å². The number of rotatable bonds is 6. The first-order valence-corrected chi connectivity index (χ1v) is 7.40. The molecule has 1 heterocycles. The van der Waals surface area contributed by atoms with Gasteiger partial charge in [0.1, 0.15) is 11.6 Å². The molecule has 1 aromatic heterocycles. The molecule has 0 saturated heterocycles. The van der Waals surface area contributed by atoms with Crippen LogP contribution >= 0.6 is 11.3 Å². The summed E-state index contributed by atoms with van der Waals surface area (Å²) in [6.45, 7) is -0.543. The zero-order valence-corrected chi connectivity index (χ0v) is 12.3. The molecule has 0 aliphatic carbocycles. The largest absolute Gasteiger partial charge is 0.456 e. The van der Waals surface area contributed by atoms with E-state index in [1.165, 1.54) is 11.3 Å². The van der Waals surface area contributed by atoms with Gasteiger partial charge >= 0.3 is 5.97 Å². The van der Waals surface area contributed by atoms with Gasteiger partial charge in [0.25, 0.3) is 5.91 Å². The van der Waals surface area contributed by atoms with Crippen LogP contribution in [0, 0.1) is 11.6 Å². The average Bonchev–Trinajstić information content (AvgIpc) is 3.00. The highest BCUT2D eigenvalue weighted by atomic mass is 32.1. The Morgan fingerprint density at radius 3 is 2.77 bits per heavy atom. The maximum absolute atomic E-state index is 13.3. The van der Waals surface area contributed by atoms with Gasteiger partial charge in [-0.15, -0.1) is 0 Å². The van der Waals surface area contributed by atoms with E-state index in [2.05, 4.69) is 5.32 Å². The quantitative estimate of drug-likeness (QED) is 0.830. The van der Waals surface area contributed by atoms with E-state index in [0.717, 1.165) is 23.8 Å². The molecule has 2 rings (SSSR count). The molecule has 0 radical (unpaired) electrons. The fourth-order valence-electron chi connectivity index (χ4n) is 1.68. The van der Waals surface area contributed by atoms with Crippen LogP contribution in [0.3, 0.4) is 0 Å². The first-order chi connectivity index (χ1) is 10.5. The smallest absolute Gasteiger partial charge is 0.306 e. The number of aryl methyl sites for hydroxylation is 1. The molecule has 0 atom stereocenters. The lowest BCUT2D eigenvalue weighted by atomic mass is 10.2. The van der Waals surface area contributed by atoms with Crippen LogP contribution in [-0.2, 0) is 20.7 Å². The second-order valence-electron chi connectivity index (χ2n) is 4.46. The maximum atomic E-state index is 13.3. The van der Waals surface area contributed by atoms with E-state index in [1.807, 2.05) is 16.8 Å². The van der Waals surface area contributed by atoms with Gasteiger partial charge < -0.3 is 10.1 Å². The second-order valence-corrected chi connectivity index (χ2v) is 5.24. The number of nitrogens with one attached hydrogen (secondary N) is 1. The molecule has 0 fully saturated rings. The Balaban J connectivity index is 1.75. The lowest BCUT2D eigenvalue weighted by molar-refractivity contribution is -0.147. The van der Waals surface area contributed by atoms with Gasteiger partial charge in [-0.3, -0.25) is 9.59 Å². The summed E-state index contributed by atoms with van der Waals surface area (Å²) in [6.07, 6.45) is 0.681. The minimum Gasteiger partial charge on any atom is -0.456 e. The Hall–Kier alpha value is -2.28. The number of amides is 1. The number of esters is 1. The van der Waals surface area contributed by atoms with Crippen LogP contribution in [0.1, 0.15) is 12.0 Å². The summed E-state index contributed by atoms with van der Waals surface area (Å²) in [5.74, 6) is -2.70. The minimum atomic E-state index is -0.765. The molecule has 0 aliphatic rings. The van der Waals surface area contributed by atoms with Crippen molar-refractivity contribution in [3.05, 3.63) is 52.2 Å². The first-order valence-electron chi connectivity index (χ1n) is 6.46. The Morgan fingerprint density at radius 2 is 2.05 bits per heavy atom. The molecule has 22 heavy (non-hydrogen) atoms. The monoisotopic (exact) mass is 325 g/mol. The van der Waals surface area contributed by atoms with E-state index in [4.69, 9.17) is 4.74 Å². The van der Waals surface area contributed by atoms with Crippen LogP contribution in [0.5, 0.6) is 0 Å². The molecule has 1 N–H and O–H groups in total. The van der Waals surface area contributed by atoms with Crippen molar-refractivity contribution < 1.29 is 23.1 Å². The predicted molar refractivity (Wildman–Crippen MR) is 78.6 cm³/mol.